The Morgan fingerprint density at radius 3 is 1.40 bits per heavy atom. The zero-order chi connectivity index (χ0) is 20.7. The lowest BCUT2D eigenvalue weighted by atomic mass is 10.2. The smallest absolute Gasteiger partial charge is 0.0609 e. The van der Waals surface area contributed by atoms with Crippen LogP contribution in [0.2, 0.25) is 0 Å². The summed E-state index contributed by atoms with van der Waals surface area (Å²) in [6.07, 6.45) is 0. The fraction of sp³-hybridized carbons (Fsp3) is 0. The predicted molar refractivity (Wildman–Crippen MR) is 148 cm³/mol. The van der Waals surface area contributed by atoms with Crippen molar-refractivity contribution in [2.75, 3.05) is 0 Å². The van der Waals surface area contributed by atoms with Gasteiger partial charge in [0.2, 0.25) is 0 Å². The lowest BCUT2D eigenvalue weighted by Crippen LogP contribution is -1.68. The highest BCUT2D eigenvalue weighted by atomic mass is 79.9. The van der Waals surface area contributed by atoms with Crippen molar-refractivity contribution >= 4 is 112 Å². The van der Waals surface area contributed by atoms with Crippen LogP contribution in [0.1, 0.15) is 0 Å². The van der Waals surface area contributed by atoms with Crippen LogP contribution in [-0.2, 0) is 0 Å². The van der Waals surface area contributed by atoms with Crippen LogP contribution in [0.15, 0.2) is 91.6 Å². The number of thiophene rings is 3. The van der Waals surface area contributed by atoms with Crippen molar-refractivity contribution in [2.45, 2.75) is 0 Å². The van der Waals surface area contributed by atoms with Gasteiger partial charge in [-0.2, -0.15) is 0 Å². The predicted octanol–water partition coefficient (Wildman–Crippen LogP) is 11.0. The summed E-state index contributed by atoms with van der Waals surface area (Å²) in [7, 11) is 0. The van der Waals surface area contributed by atoms with Crippen molar-refractivity contribution < 1.29 is 0 Å². The number of rotatable bonds is 1. The van der Waals surface area contributed by atoms with E-state index in [0.717, 1.165) is 0 Å². The van der Waals surface area contributed by atoms with E-state index in [1.165, 1.54) is 53.4 Å². The van der Waals surface area contributed by atoms with E-state index in [4.69, 9.17) is 0 Å². The van der Waals surface area contributed by atoms with Crippen LogP contribution >= 0.6 is 81.8 Å². The minimum absolute atomic E-state index is 1.20. The Balaban J connectivity index is 0.000000161. The zero-order valence-corrected chi connectivity index (χ0v) is 22.6. The second kappa shape index (κ2) is 8.85. The molecule has 6 heteroatoms. The van der Waals surface area contributed by atoms with Gasteiger partial charge in [-0.3, -0.25) is 0 Å². The summed E-state index contributed by atoms with van der Waals surface area (Å²) in [5.41, 5.74) is 0. The van der Waals surface area contributed by atoms with Crippen LogP contribution in [0, 0.1) is 0 Å². The molecule has 30 heavy (non-hydrogen) atoms. The molecule has 0 saturated heterocycles. The normalized spacial score (nSPS) is 11.2. The van der Waals surface area contributed by atoms with Crippen LogP contribution in [0.25, 0.3) is 40.0 Å². The molecule has 0 fully saturated rings. The second-order valence-electron chi connectivity index (χ2n) is 6.56. The van der Waals surface area contributed by atoms with Gasteiger partial charge < -0.3 is 0 Å². The standard InChI is InChI=1S/C16H8Br2S2.C8H5BrS/c17-13-9-5-1-3-7-11(9)19-15(13)16-14(18)10-6-2-4-8-12(10)20-16;9-7-5-10-8-4-2-1-3-6(7)8/h1-8H;1-5H. The Labute approximate surface area is 211 Å². The minimum Gasteiger partial charge on any atom is -0.143 e. The third-order valence-electron chi connectivity index (χ3n) is 4.71. The first kappa shape index (κ1) is 20.9. The Morgan fingerprint density at radius 1 is 0.500 bits per heavy atom. The van der Waals surface area contributed by atoms with E-state index in [0.29, 0.717) is 0 Å². The Hall–Kier alpha value is -1.02. The molecular weight excluding hydrogens is 624 g/mol. The van der Waals surface area contributed by atoms with Crippen molar-refractivity contribution in [2.24, 2.45) is 0 Å². The van der Waals surface area contributed by atoms with Crippen LogP contribution in [0.3, 0.4) is 0 Å². The maximum atomic E-state index is 3.78. The van der Waals surface area contributed by atoms with Gasteiger partial charge in [0.15, 0.2) is 0 Å². The molecule has 3 aromatic heterocycles. The summed E-state index contributed by atoms with van der Waals surface area (Å²) in [6.45, 7) is 0. The van der Waals surface area contributed by atoms with Gasteiger partial charge in [0.05, 0.1) is 9.75 Å². The van der Waals surface area contributed by atoms with Crippen molar-refractivity contribution in [1.29, 1.82) is 0 Å². The van der Waals surface area contributed by atoms with Crippen molar-refractivity contribution in [3.8, 4) is 9.75 Å². The molecule has 0 spiro atoms. The Morgan fingerprint density at radius 2 is 0.933 bits per heavy atom. The van der Waals surface area contributed by atoms with Gasteiger partial charge in [0.1, 0.15) is 0 Å². The number of fused-ring (bicyclic) bond motifs is 3. The molecule has 0 saturated carbocycles. The van der Waals surface area contributed by atoms with Crippen molar-refractivity contribution in [3.05, 3.63) is 91.6 Å². The molecular formula is C24H13Br3S3. The molecule has 3 heterocycles. The van der Waals surface area contributed by atoms with Crippen LogP contribution in [0.4, 0.5) is 0 Å². The van der Waals surface area contributed by atoms with E-state index in [-0.39, 0.29) is 0 Å². The topological polar surface area (TPSA) is 0 Å². The first-order chi connectivity index (χ1) is 14.6. The second-order valence-corrected chi connectivity index (χ2v) is 12.0. The summed E-state index contributed by atoms with van der Waals surface area (Å²) in [6, 6.07) is 25.4. The summed E-state index contributed by atoms with van der Waals surface area (Å²) in [5.74, 6) is 0. The van der Waals surface area contributed by atoms with E-state index in [1.54, 1.807) is 11.3 Å². The van der Waals surface area contributed by atoms with Crippen molar-refractivity contribution in [3.63, 3.8) is 0 Å². The number of hydrogen-bond acceptors (Lipinski definition) is 3. The molecule has 0 bridgehead atoms. The van der Waals surface area contributed by atoms with Gasteiger partial charge in [-0.1, -0.05) is 54.6 Å². The molecule has 0 radical (unpaired) electrons. The summed E-state index contributed by atoms with van der Waals surface area (Å²) in [4.78, 5) is 2.61. The van der Waals surface area contributed by atoms with Gasteiger partial charge in [0, 0.05) is 49.1 Å². The van der Waals surface area contributed by atoms with Crippen LogP contribution < -0.4 is 0 Å². The fourth-order valence-corrected chi connectivity index (χ4v) is 9.27. The molecule has 0 aliphatic carbocycles. The molecule has 0 unspecified atom stereocenters. The third-order valence-corrected chi connectivity index (χ3v) is 11.3. The highest BCUT2D eigenvalue weighted by Gasteiger charge is 2.17. The molecule has 148 valence electrons. The van der Waals surface area contributed by atoms with Crippen molar-refractivity contribution in [1.82, 2.24) is 0 Å². The first-order valence-corrected chi connectivity index (χ1v) is 14.0. The molecule has 3 aromatic carbocycles. The molecule has 6 aromatic rings. The van der Waals surface area contributed by atoms with Gasteiger partial charge in [-0.25, -0.2) is 0 Å². The molecule has 0 aliphatic heterocycles. The molecule has 6 rings (SSSR count). The average Bonchev–Trinajstić information content (AvgIpc) is 3.43. The number of hydrogen-bond donors (Lipinski definition) is 0. The van der Waals surface area contributed by atoms with Gasteiger partial charge >= 0.3 is 0 Å². The Kier molecular flexibility index (Phi) is 6.15. The molecule has 0 nitrogen and oxygen atoms in total. The number of benzene rings is 3. The van der Waals surface area contributed by atoms with E-state index >= 15 is 0 Å². The van der Waals surface area contributed by atoms with Gasteiger partial charge in [-0.05, 0) is 66.0 Å². The first-order valence-electron chi connectivity index (χ1n) is 9.09. The minimum atomic E-state index is 1.20. The zero-order valence-electron chi connectivity index (χ0n) is 15.4. The van der Waals surface area contributed by atoms with E-state index < -0.39 is 0 Å². The molecule has 0 amide bonds. The molecule has 0 atom stereocenters. The monoisotopic (exact) mass is 634 g/mol. The quantitative estimate of drug-likeness (QED) is 0.168. The van der Waals surface area contributed by atoms with Gasteiger partial charge in [-0.15, -0.1) is 34.0 Å². The Bertz CT molecular complexity index is 1410. The van der Waals surface area contributed by atoms with E-state index in [2.05, 4.69) is 126 Å². The van der Waals surface area contributed by atoms with Crippen LogP contribution in [0.5, 0.6) is 0 Å². The average molecular weight is 637 g/mol. The number of halogens is 3. The largest absolute Gasteiger partial charge is 0.143 e. The highest BCUT2D eigenvalue weighted by molar-refractivity contribution is 9.11. The SMILES string of the molecule is Brc1c(-c2sc3ccccc3c2Br)sc2ccccc12.Brc1csc2ccccc12. The molecule has 0 N–H and O–H groups in total. The van der Waals surface area contributed by atoms with E-state index in [1.807, 2.05) is 22.7 Å². The fourth-order valence-electron chi connectivity index (χ4n) is 3.27. The molecule has 0 aliphatic rings. The maximum Gasteiger partial charge on any atom is 0.0609 e. The third kappa shape index (κ3) is 3.83. The summed E-state index contributed by atoms with van der Waals surface area (Å²) in [5, 5.41) is 6.01. The summed E-state index contributed by atoms with van der Waals surface area (Å²) >= 11 is 16.5. The lowest BCUT2D eigenvalue weighted by molar-refractivity contribution is 1.81. The lowest BCUT2D eigenvalue weighted by Gasteiger charge is -1.95. The van der Waals surface area contributed by atoms with Gasteiger partial charge in [0.25, 0.3) is 0 Å². The maximum absolute atomic E-state index is 3.78. The van der Waals surface area contributed by atoms with Crippen LogP contribution in [-0.4, -0.2) is 0 Å². The highest BCUT2D eigenvalue weighted by Crippen LogP contribution is 2.49. The summed E-state index contributed by atoms with van der Waals surface area (Å²) < 4.78 is 7.58. The van der Waals surface area contributed by atoms with E-state index in [9.17, 15) is 0 Å².